The van der Waals surface area contributed by atoms with Crippen LogP contribution in [0.25, 0.3) is 0 Å². The summed E-state index contributed by atoms with van der Waals surface area (Å²) < 4.78 is 0. The van der Waals surface area contributed by atoms with Gasteiger partial charge < -0.3 is 10.6 Å². The van der Waals surface area contributed by atoms with Gasteiger partial charge in [0.2, 0.25) is 5.78 Å². The van der Waals surface area contributed by atoms with Crippen LogP contribution in [-0.2, 0) is 4.79 Å². The maximum absolute atomic E-state index is 11.6. The van der Waals surface area contributed by atoms with Crippen LogP contribution in [0.5, 0.6) is 0 Å². The molecule has 0 saturated carbocycles. The third kappa shape index (κ3) is 1.49. The van der Waals surface area contributed by atoms with E-state index < -0.39 is 6.04 Å². The smallest absolute Gasteiger partial charge is 0.203 e. The number of ketones is 1. The molecule has 0 aromatic rings. The summed E-state index contributed by atoms with van der Waals surface area (Å²) in [7, 11) is 0. The Labute approximate surface area is 77.1 Å². The van der Waals surface area contributed by atoms with Gasteiger partial charge >= 0.3 is 0 Å². The lowest BCUT2D eigenvalue weighted by Crippen LogP contribution is -2.40. The lowest BCUT2D eigenvalue weighted by molar-refractivity contribution is -0.116. The largest absolute Gasteiger partial charge is 0.367 e. The van der Waals surface area contributed by atoms with E-state index in [1.807, 2.05) is 4.90 Å². The molecule has 0 spiro atoms. The van der Waals surface area contributed by atoms with Crippen molar-refractivity contribution in [3.63, 3.8) is 0 Å². The Hall–Kier alpha value is -1.16. The number of rotatable bonds is 1. The van der Waals surface area contributed by atoms with Gasteiger partial charge in [0.1, 0.15) is 17.9 Å². The topological polar surface area (TPSA) is 58.7 Å². The fourth-order valence-corrected chi connectivity index (χ4v) is 1.63. The maximum Gasteiger partial charge on any atom is 0.203 e. The quantitative estimate of drug-likeness (QED) is 0.600. The monoisotopic (exact) mass is 178 g/mol. The van der Waals surface area contributed by atoms with Gasteiger partial charge in [-0.25, -0.2) is 0 Å². The fourth-order valence-electron chi connectivity index (χ4n) is 1.63. The van der Waals surface area contributed by atoms with Crippen molar-refractivity contribution in [1.82, 2.24) is 4.90 Å². The first-order valence-electron chi connectivity index (χ1n) is 4.50. The molecule has 4 heteroatoms. The molecule has 2 aliphatic heterocycles. The molecule has 2 heterocycles. The highest BCUT2D eigenvalue weighted by molar-refractivity contribution is 6.09. The zero-order valence-electron chi connectivity index (χ0n) is 7.36. The van der Waals surface area contributed by atoms with Gasteiger partial charge in [-0.15, -0.1) is 0 Å². The minimum Gasteiger partial charge on any atom is -0.367 e. The summed E-state index contributed by atoms with van der Waals surface area (Å²) in [4.78, 5) is 17.4. The van der Waals surface area contributed by atoms with E-state index in [0.717, 1.165) is 25.9 Å². The van der Waals surface area contributed by atoms with Gasteiger partial charge in [0.25, 0.3) is 0 Å². The predicted molar refractivity (Wildman–Crippen MR) is 49.0 cm³/mol. The molecule has 1 fully saturated rings. The van der Waals surface area contributed by atoms with Crippen molar-refractivity contribution in [1.29, 1.82) is 0 Å². The average molecular weight is 178 g/mol. The molecule has 1 atom stereocenters. The summed E-state index contributed by atoms with van der Waals surface area (Å²) in [5, 5.41) is 0. The second-order valence-electron chi connectivity index (χ2n) is 3.32. The molecule has 0 aliphatic carbocycles. The Kier molecular flexibility index (Phi) is 2.14. The molecule has 0 bridgehead atoms. The zero-order chi connectivity index (χ0) is 9.26. The summed E-state index contributed by atoms with van der Waals surface area (Å²) >= 11 is 0. The second kappa shape index (κ2) is 3.30. The molecule has 2 N–H and O–H groups in total. The number of carbonyl (C=O) groups is 1. The lowest BCUT2D eigenvalue weighted by atomic mass is 10.1. The predicted octanol–water partition coefficient (Wildman–Crippen LogP) is -0.292. The van der Waals surface area contributed by atoms with Crippen molar-refractivity contribution in [3.05, 3.63) is 11.9 Å². The molecule has 1 saturated heterocycles. The van der Waals surface area contributed by atoms with Crippen molar-refractivity contribution in [2.75, 3.05) is 13.1 Å². The molecule has 2 aliphatic rings. The van der Waals surface area contributed by atoms with E-state index in [9.17, 15) is 4.79 Å². The molecule has 0 aromatic heterocycles. The molecule has 0 aromatic carbocycles. The van der Waals surface area contributed by atoms with E-state index in [1.54, 1.807) is 0 Å². The highest BCUT2D eigenvalue weighted by Gasteiger charge is 2.26. The van der Waals surface area contributed by atoms with Crippen molar-refractivity contribution in [2.45, 2.75) is 18.9 Å². The van der Waals surface area contributed by atoms with Crippen LogP contribution in [-0.4, -0.2) is 36.0 Å². The number of hydrogen-bond acceptors (Lipinski definition) is 4. The molecular formula is C9H12N3O. The van der Waals surface area contributed by atoms with Gasteiger partial charge in [0.05, 0.1) is 0 Å². The molecule has 1 radical (unpaired) electrons. The van der Waals surface area contributed by atoms with Gasteiger partial charge in [-0.1, -0.05) is 0 Å². The molecule has 69 valence electrons. The van der Waals surface area contributed by atoms with Crippen molar-refractivity contribution in [3.8, 4) is 0 Å². The van der Waals surface area contributed by atoms with Crippen LogP contribution < -0.4 is 5.73 Å². The van der Waals surface area contributed by atoms with Crippen molar-refractivity contribution in [2.24, 2.45) is 10.7 Å². The summed E-state index contributed by atoms with van der Waals surface area (Å²) in [5.74, 6) is -0.0584. The normalized spacial score (nSPS) is 28.1. The number of nitrogens with two attached hydrogens (primary N) is 1. The number of likely N-dealkylation sites (tertiary alicyclic amines) is 1. The zero-order valence-corrected chi connectivity index (χ0v) is 7.36. The Bertz CT molecular complexity index is 277. The van der Waals surface area contributed by atoms with E-state index in [1.165, 1.54) is 6.21 Å². The number of nitrogens with zero attached hydrogens (tertiary/aromatic N) is 2. The van der Waals surface area contributed by atoms with Crippen LogP contribution in [0.1, 0.15) is 12.8 Å². The lowest BCUT2D eigenvalue weighted by Gasteiger charge is -2.22. The molecule has 1 unspecified atom stereocenters. The Morgan fingerprint density at radius 1 is 1.54 bits per heavy atom. The standard InChI is InChI=1S/C9H12N3O/c10-7-5-11-6-8(9(7)13)12-3-1-2-4-12/h5,7H,1-4,10H2. The minimum atomic E-state index is -0.572. The third-order valence-corrected chi connectivity index (χ3v) is 2.36. The Balaban J connectivity index is 2.17. The highest BCUT2D eigenvalue weighted by atomic mass is 16.1. The van der Waals surface area contributed by atoms with Crippen LogP contribution in [0.2, 0.25) is 0 Å². The van der Waals surface area contributed by atoms with Crippen molar-refractivity contribution < 1.29 is 4.79 Å². The molecule has 0 amide bonds. The maximum atomic E-state index is 11.6. The SMILES string of the molecule is NC1C=N[C]=C(N2CCCC2)C1=O. The van der Waals surface area contributed by atoms with Crippen LogP contribution in [0, 0.1) is 6.20 Å². The summed E-state index contributed by atoms with van der Waals surface area (Å²) in [6.07, 6.45) is 6.43. The fraction of sp³-hybridized carbons (Fsp3) is 0.556. The van der Waals surface area contributed by atoms with Crippen molar-refractivity contribution >= 4 is 12.0 Å². The second-order valence-corrected chi connectivity index (χ2v) is 3.32. The minimum absolute atomic E-state index is 0.0584. The number of carbonyl (C=O) groups excluding carboxylic acids is 1. The van der Waals surface area contributed by atoms with E-state index in [-0.39, 0.29) is 5.78 Å². The number of Topliss-reactive ketones (excluding diaryl/α,β-unsaturated/α-hetero) is 1. The summed E-state index contributed by atoms with van der Waals surface area (Å²) in [6, 6.07) is -0.572. The van der Waals surface area contributed by atoms with E-state index in [0.29, 0.717) is 5.70 Å². The molecule has 2 rings (SSSR count). The van der Waals surface area contributed by atoms with Gasteiger partial charge in [0, 0.05) is 19.3 Å². The highest BCUT2D eigenvalue weighted by Crippen LogP contribution is 2.17. The van der Waals surface area contributed by atoms with Gasteiger partial charge in [-0.3, -0.25) is 9.79 Å². The van der Waals surface area contributed by atoms with E-state index in [4.69, 9.17) is 5.73 Å². The van der Waals surface area contributed by atoms with Crippen LogP contribution in [0.15, 0.2) is 10.7 Å². The van der Waals surface area contributed by atoms with E-state index >= 15 is 0 Å². The summed E-state index contributed by atoms with van der Waals surface area (Å²) in [5.41, 5.74) is 6.11. The Morgan fingerprint density at radius 3 is 2.92 bits per heavy atom. The summed E-state index contributed by atoms with van der Waals surface area (Å²) in [6.45, 7) is 1.85. The third-order valence-electron chi connectivity index (χ3n) is 2.36. The van der Waals surface area contributed by atoms with Gasteiger partial charge in [-0.05, 0) is 12.8 Å². The molecule has 13 heavy (non-hydrogen) atoms. The van der Waals surface area contributed by atoms with Crippen LogP contribution in [0.3, 0.4) is 0 Å². The number of hydrogen-bond donors (Lipinski definition) is 1. The average Bonchev–Trinajstić information content (AvgIpc) is 2.62. The first-order valence-corrected chi connectivity index (χ1v) is 4.50. The molecular weight excluding hydrogens is 166 g/mol. The van der Waals surface area contributed by atoms with Crippen LogP contribution >= 0.6 is 0 Å². The first kappa shape index (κ1) is 8.44. The van der Waals surface area contributed by atoms with E-state index in [2.05, 4.69) is 11.2 Å². The number of aliphatic imine (C=N–C) groups is 1. The van der Waals surface area contributed by atoms with Gasteiger partial charge in [0.15, 0.2) is 0 Å². The van der Waals surface area contributed by atoms with Gasteiger partial charge in [-0.2, -0.15) is 0 Å². The van der Waals surface area contributed by atoms with Crippen LogP contribution in [0.4, 0.5) is 0 Å². The first-order chi connectivity index (χ1) is 6.29. The Morgan fingerprint density at radius 2 is 2.23 bits per heavy atom. The molecule has 4 nitrogen and oxygen atoms in total.